The lowest BCUT2D eigenvalue weighted by Crippen LogP contribution is -2.30. The summed E-state index contributed by atoms with van der Waals surface area (Å²) in [4.78, 5) is 22.9. The molecule has 6 heteroatoms. The van der Waals surface area contributed by atoms with E-state index < -0.39 is 5.97 Å². The Morgan fingerprint density at radius 2 is 2.18 bits per heavy atom. The van der Waals surface area contributed by atoms with Crippen LogP contribution in [-0.2, 0) is 9.53 Å². The second kappa shape index (κ2) is 6.95. The number of hydrogen-bond acceptors (Lipinski definition) is 3. The number of ether oxygens (including phenoxy) is 1. The maximum absolute atomic E-state index is 11.8. The molecule has 0 bridgehead atoms. The highest BCUT2D eigenvalue weighted by Crippen LogP contribution is 2.19. The Morgan fingerprint density at radius 1 is 1.47 bits per heavy atom. The van der Waals surface area contributed by atoms with Crippen LogP contribution in [-0.4, -0.2) is 25.0 Å². The Hall–Kier alpha value is -0.630. The van der Waals surface area contributed by atoms with Gasteiger partial charge in [-0.25, -0.2) is 0 Å². The normalized spacial score (nSPS) is 9.82. The third kappa shape index (κ3) is 4.63. The lowest BCUT2D eigenvalue weighted by molar-refractivity contribution is -0.141. The van der Waals surface area contributed by atoms with Crippen molar-refractivity contribution in [2.24, 2.45) is 0 Å². The van der Waals surface area contributed by atoms with Gasteiger partial charge in [0.25, 0.3) is 5.91 Å². The number of nitrogens with one attached hydrogen (secondary N) is 1. The number of hydrogen-bond donors (Lipinski definition) is 1. The molecule has 0 heterocycles. The molecule has 0 aliphatic heterocycles. The van der Waals surface area contributed by atoms with Gasteiger partial charge in [0.2, 0.25) is 0 Å². The molecule has 1 amide bonds. The first-order valence-corrected chi connectivity index (χ1v) is 6.80. The van der Waals surface area contributed by atoms with Gasteiger partial charge in [0, 0.05) is 8.04 Å². The van der Waals surface area contributed by atoms with Crippen LogP contribution in [0.1, 0.15) is 17.3 Å². The zero-order valence-corrected chi connectivity index (χ0v) is 12.9. The molecule has 0 unspecified atom stereocenters. The number of halogens is 2. The molecule has 0 fully saturated rings. The third-order valence-corrected chi connectivity index (χ3v) is 3.23. The summed E-state index contributed by atoms with van der Waals surface area (Å²) in [6, 6.07) is 5.42. The first-order valence-electron chi connectivity index (χ1n) is 4.93. The maximum Gasteiger partial charge on any atom is 0.325 e. The molecule has 0 saturated heterocycles. The van der Waals surface area contributed by atoms with E-state index in [0.29, 0.717) is 16.6 Å². The molecule has 0 saturated carbocycles. The summed E-state index contributed by atoms with van der Waals surface area (Å²) in [7, 11) is 0. The van der Waals surface area contributed by atoms with Gasteiger partial charge in [0.1, 0.15) is 6.54 Å². The fraction of sp³-hybridized carbons (Fsp3) is 0.273. The number of esters is 1. The van der Waals surface area contributed by atoms with Gasteiger partial charge in [-0.15, -0.1) is 0 Å². The van der Waals surface area contributed by atoms with Gasteiger partial charge in [0.05, 0.1) is 12.2 Å². The summed E-state index contributed by atoms with van der Waals surface area (Å²) in [6.07, 6.45) is 0. The fourth-order valence-corrected chi connectivity index (χ4v) is 2.05. The number of benzene rings is 1. The number of carbonyl (C=O) groups is 2. The molecule has 1 aromatic rings. The van der Waals surface area contributed by atoms with Crippen LogP contribution in [0.15, 0.2) is 22.7 Å². The lowest BCUT2D eigenvalue weighted by Gasteiger charge is -2.07. The molecule has 0 aliphatic rings. The number of carbonyl (C=O) groups excluding carboxylic acids is 2. The van der Waals surface area contributed by atoms with Gasteiger partial charge >= 0.3 is 5.97 Å². The lowest BCUT2D eigenvalue weighted by atomic mass is 10.2. The van der Waals surface area contributed by atoms with Crippen molar-refractivity contribution < 1.29 is 14.3 Å². The summed E-state index contributed by atoms with van der Waals surface area (Å²) < 4.78 is 6.36. The van der Waals surface area contributed by atoms with Crippen LogP contribution in [0.5, 0.6) is 0 Å². The van der Waals surface area contributed by atoms with Crippen molar-refractivity contribution in [3.05, 3.63) is 31.8 Å². The van der Waals surface area contributed by atoms with Crippen LogP contribution < -0.4 is 5.32 Å². The van der Waals surface area contributed by atoms with Crippen molar-refractivity contribution in [3.8, 4) is 0 Å². The molecule has 0 atom stereocenters. The van der Waals surface area contributed by atoms with E-state index in [-0.39, 0.29) is 12.5 Å². The third-order valence-electron chi connectivity index (χ3n) is 1.87. The second-order valence-electron chi connectivity index (χ2n) is 3.11. The van der Waals surface area contributed by atoms with Crippen LogP contribution in [0.3, 0.4) is 0 Å². The first-order chi connectivity index (χ1) is 8.04. The highest BCUT2D eigenvalue weighted by Gasteiger charge is 2.12. The van der Waals surface area contributed by atoms with E-state index in [1.54, 1.807) is 19.1 Å². The van der Waals surface area contributed by atoms with Crippen LogP contribution >= 0.6 is 38.5 Å². The second-order valence-corrected chi connectivity index (χ2v) is 5.21. The molecule has 0 spiro atoms. The summed E-state index contributed by atoms with van der Waals surface area (Å²) in [5, 5.41) is 2.50. The molecule has 0 radical (unpaired) electrons. The van der Waals surface area contributed by atoms with Crippen LogP contribution in [0, 0.1) is 3.57 Å². The monoisotopic (exact) mass is 411 g/mol. The van der Waals surface area contributed by atoms with Crippen molar-refractivity contribution >= 4 is 50.4 Å². The summed E-state index contributed by atoms with van der Waals surface area (Å²) in [5.41, 5.74) is 0.501. The standard InChI is InChI=1S/C11H11BrINO3/c1-2-17-10(15)6-14-11(16)8-5-7(13)3-4-9(8)12/h3-5H,2,6H2,1H3,(H,14,16). The predicted molar refractivity (Wildman–Crippen MR) is 75.8 cm³/mol. The zero-order valence-electron chi connectivity index (χ0n) is 9.13. The molecule has 92 valence electrons. The fourth-order valence-electron chi connectivity index (χ4n) is 1.13. The van der Waals surface area contributed by atoms with Gasteiger partial charge in [-0.1, -0.05) is 0 Å². The Labute approximate surface area is 121 Å². The van der Waals surface area contributed by atoms with Crippen molar-refractivity contribution in [1.82, 2.24) is 5.32 Å². The van der Waals surface area contributed by atoms with Crippen LogP contribution in [0.4, 0.5) is 0 Å². The quantitative estimate of drug-likeness (QED) is 0.611. The minimum absolute atomic E-state index is 0.120. The topological polar surface area (TPSA) is 55.4 Å². The molecular formula is C11H11BrINO3. The van der Waals surface area contributed by atoms with Gasteiger partial charge in [-0.05, 0) is 63.6 Å². The smallest absolute Gasteiger partial charge is 0.325 e. The van der Waals surface area contributed by atoms with Crippen LogP contribution in [0.2, 0.25) is 0 Å². The average Bonchev–Trinajstić information content (AvgIpc) is 2.29. The van der Waals surface area contributed by atoms with Gasteiger partial charge in [0.15, 0.2) is 0 Å². The van der Waals surface area contributed by atoms with Crippen molar-refractivity contribution in [2.45, 2.75) is 6.92 Å². The Bertz CT molecular complexity index is 437. The maximum atomic E-state index is 11.8. The van der Waals surface area contributed by atoms with E-state index in [1.807, 2.05) is 6.07 Å². The zero-order chi connectivity index (χ0) is 12.8. The predicted octanol–water partition coefficient (Wildman–Crippen LogP) is 2.35. The van der Waals surface area contributed by atoms with E-state index in [2.05, 4.69) is 43.8 Å². The molecule has 1 aromatic carbocycles. The van der Waals surface area contributed by atoms with E-state index in [0.717, 1.165) is 3.57 Å². The van der Waals surface area contributed by atoms with Crippen LogP contribution in [0.25, 0.3) is 0 Å². The van der Waals surface area contributed by atoms with Crippen molar-refractivity contribution in [1.29, 1.82) is 0 Å². The molecule has 1 N–H and O–H groups in total. The Balaban J connectivity index is 2.64. The number of rotatable bonds is 4. The molecule has 1 rings (SSSR count). The highest BCUT2D eigenvalue weighted by molar-refractivity contribution is 14.1. The molecule has 0 aromatic heterocycles. The summed E-state index contributed by atoms with van der Waals surface area (Å²) in [6.45, 7) is 1.90. The number of amides is 1. The average molecular weight is 412 g/mol. The summed E-state index contributed by atoms with van der Waals surface area (Å²) in [5.74, 6) is -0.744. The van der Waals surface area contributed by atoms with E-state index in [1.165, 1.54) is 0 Å². The van der Waals surface area contributed by atoms with Crippen molar-refractivity contribution in [2.75, 3.05) is 13.2 Å². The molecule has 4 nitrogen and oxygen atoms in total. The van der Waals surface area contributed by atoms with Gasteiger partial charge < -0.3 is 10.1 Å². The van der Waals surface area contributed by atoms with Gasteiger partial charge in [-0.3, -0.25) is 9.59 Å². The van der Waals surface area contributed by atoms with Gasteiger partial charge in [-0.2, -0.15) is 0 Å². The van der Waals surface area contributed by atoms with E-state index in [4.69, 9.17) is 4.74 Å². The minimum Gasteiger partial charge on any atom is -0.465 e. The summed E-state index contributed by atoms with van der Waals surface area (Å²) >= 11 is 5.41. The van der Waals surface area contributed by atoms with E-state index in [9.17, 15) is 9.59 Å². The Kier molecular flexibility index (Phi) is 5.90. The first kappa shape index (κ1) is 14.4. The van der Waals surface area contributed by atoms with E-state index >= 15 is 0 Å². The minimum atomic E-state index is -0.442. The Morgan fingerprint density at radius 3 is 2.82 bits per heavy atom. The largest absolute Gasteiger partial charge is 0.465 e. The van der Waals surface area contributed by atoms with Crippen molar-refractivity contribution in [3.63, 3.8) is 0 Å². The molecule has 17 heavy (non-hydrogen) atoms. The SMILES string of the molecule is CCOC(=O)CNC(=O)c1cc(I)ccc1Br. The highest BCUT2D eigenvalue weighted by atomic mass is 127. The molecule has 0 aliphatic carbocycles. The molecular weight excluding hydrogens is 401 g/mol.